The molecule has 0 aliphatic rings. The Balaban J connectivity index is 4.44. The van der Waals surface area contributed by atoms with E-state index in [1.54, 1.807) is 0 Å². The van der Waals surface area contributed by atoms with E-state index in [0.29, 0.717) is 13.0 Å². The van der Waals surface area contributed by atoms with Crippen molar-refractivity contribution in [3.63, 3.8) is 0 Å². The van der Waals surface area contributed by atoms with Gasteiger partial charge in [0.05, 0.1) is 13.0 Å². The van der Waals surface area contributed by atoms with Crippen LogP contribution in [0, 0.1) is 0 Å². The largest absolute Gasteiger partial charge is 0.461 e. The van der Waals surface area contributed by atoms with Gasteiger partial charge in [-0.05, 0) is 96.3 Å². The Bertz CT molecular complexity index is 1140. The van der Waals surface area contributed by atoms with Gasteiger partial charge in [0, 0.05) is 13.0 Å². The van der Waals surface area contributed by atoms with E-state index in [4.69, 9.17) is 14.2 Å². The standard InChI is InChI=1S/C53H88O5/c1-4-7-10-13-16-19-22-25-27-29-31-34-37-40-43-46-52(54)57-50-51(49-56-48-45-42-39-36-33-30-26-23-20-17-14-11-8-5-2)58-53(55)47-44-41-38-35-32-28-24-21-18-15-12-9-6-3/h7,10-11,14,16,19-21,23-25,27,31,34,40,43,51H,4-6,8-9,12-13,15,17-18,22,26,28-30,32-33,35-39,41-42,44-50H2,1-3H3/b10-7-,14-11-,19-16-,23-20-,24-21-,27-25-,34-31-,43-40-. The molecule has 5 heteroatoms. The maximum absolute atomic E-state index is 12.7. The molecule has 0 aromatic carbocycles. The number of rotatable bonds is 42. The lowest BCUT2D eigenvalue weighted by molar-refractivity contribution is -0.162. The summed E-state index contributed by atoms with van der Waals surface area (Å²) in [6.07, 6.45) is 64.3. The van der Waals surface area contributed by atoms with Gasteiger partial charge in [-0.2, -0.15) is 0 Å². The smallest absolute Gasteiger partial charge is 0.309 e. The van der Waals surface area contributed by atoms with Crippen molar-refractivity contribution in [3.05, 3.63) is 97.2 Å². The van der Waals surface area contributed by atoms with E-state index < -0.39 is 6.10 Å². The third-order valence-electron chi connectivity index (χ3n) is 9.59. The Hall–Kier alpha value is -3.18. The molecule has 5 nitrogen and oxygen atoms in total. The van der Waals surface area contributed by atoms with Crippen molar-refractivity contribution in [3.8, 4) is 0 Å². The highest BCUT2D eigenvalue weighted by Gasteiger charge is 2.17. The number of carbonyl (C=O) groups excluding carboxylic acids is 2. The summed E-state index contributed by atoms with van der Waals surface area (Å²) in [4.78, 5) is 25.2. The molecule has 0 fully saturated rings. The predicted octanol–water partition coefficient (Wildman–Crippen LogP) is 15.9. The van der Waals surface area contributed by atoms with Crippen LogP contribution in [0.5, 0.6) is 0 Å². The molecule has 0 aromatic rings. The molecule has 0 N–H and O–H groups in total. The molecule has 0 saturated carbocycles. The minimum absolute atomic E-state index is 0.0187. The summed E-state index contributed by atoms with van der Waals surface area (Å²) in [5.74, 6) is -0.565. The van der Waals surface area contributed by atoms with Crippen molar-refractivity contribution < 1.29 is 23.8 Å². The summed E-state index contributed by atoms with van der Waals surface area (Å²) < 4.78 is 17.2. The SMILES string of the molecule is CC/C=C\C/C=C\C/C=C\C/C=C\C/C=C\CC(=O)OCC(COCCCCCCCC/C=C\C/C=C\CCC)OC(=O)CCCCCCC/C=C\CCCCCC. The number of unbranched alkanes of at least 4 members (excludes halogenated alkanes) is 16. The zero-order valence-electron chi connectivity index (χ0n) is 37.8. The Kier molecular flexibility index (Phi) is 45.5. The quantitative estimate of drug-likeness (QED) is 0.0349. The van der Waals surface area contributed by atoms with Crippen molar-refractivity contribution in [1.82, 2.24) is 0 Å². The minimum Gasteiger partial charge on any atom is -0.461 e. The molecule has 0 spiro atoms. The maximum atomic E-state index is 12.7. The molecule has 1 atom stereocenters. The summed E-state index contributed by atoms with van der Waals surface area (Å²) >= 11 is 0. The zero-order valence-corrected chi connectivity index (χ0v) is 37.8. The maximum Gasteiger partial charge on any atom is 0.309 e. The van der Waals surface area contributed by atoms with Crippen molar-refractivity contribution >= 4 is 11.9 Å². The number of allylic oxidation sites excluding steroid dienone is 15. The number of ether oxygens (including phenoxy) is 3. The van der Waals surface area contributed by atoms with Crippen LogP contribution in [0.1, 0.15) is 201 Å². The van der Waals surface area contributed by atoms with Gasteiger partial charge in [-0.15, -0.1) is 0 Å². The van der Waals surface area contributed by atoms with Crippen molar-refractivity contribution in [1.29, 1.82) is 0 Å². The Labute approximate surface area is 358 Å². The minimum atomic E-state index is -0.589. The molecule has 0 radical (unpaired) electrons. The molecule has 0 aliphatic heterocycles. The highest BCUT2D eigenvalue weighted by atomic mass is 16.6. The Morgan fingerprint density at radius 1 is 0.414 bits per heavy atom. The van der Waals surface area contributed by atoms with Crippen molar-refractivity contribution in [2.24, 2.45) is 0 Å². The Morgan fingerprint density at radius 3 is 1.41 bits per heavy atom. The number of hydrogen-bond acceptors (Lipinski definition) is 5. The summed E-state index contributed by atoms with van der Waals surface area (Å²) in [6.45, 7) is 7.48. The molecule has 0 bridgehead atoms. The molecule has 0 saturated heterocycles. The van der Waals surface area contributed by atoms with Gasteiger partial charge in [0.1, 0.15) is 6.61 Å². The molecule has 0 aliphatic carbocycles. The van der Waals surface area contributed by atoms with Gasteiger partial charge in [-0.25, -0.2) is 0 Å². The molecule has 0 aromatic heterocycles. The van der Waals surface area contributed by atoms with E-state index in [0.717, 1.165) is 83.5 Å². The van der Waals surface area contributed by atoms with Crippen LogP contribution in [-0.2, 0) is 23.8 Å². The van der Waals surface area contributed by atoms with Crippen LogP contribution in [-0.4, -0.2) is 37.9 Å². The third-order valence-corrected chi connectivity index (χ3v) is 9.59. The molecular weight excluding hydrogens is 717 g/mol. The number of esters is 2. The van der Waals surface area contributed by atoms with Gasteiger partial charge in [0.25, 0.3) is 0 Å². The second-order valence-electron chi connectivity index (χ2n) is 15.3. The van der Waals surface area contributed by atoms with E-state index in [1.165, 1.54) is 83.5 Å². The van der Waals surface area contributed by atoms with Crippen molar-refractivity contribution in [2.45, 2.75) is 207 Å². The van der Waals surface area contributed by atoms with Crippen LogP contribution >= 0.6 is 0 Å². The van der Waals surface area contributed by atoms with E-state index in [2.05, 4.69) is 106 Å². The van der Waals surface area contributed by atoms with Crippen LogP contribution in [0.4, 0.5) is 0 Å². The van der Waals surface area contributed by atoms with Gasteiger partial charge in [-0.1, -0.05) is 189 Å². The molecule has 0 amide bonds. The second-order valence-corrected chi connectivity index (χ2v) is 15.3. The molecule has 330 valence electrons. The summed E-state index contributed by atoms with van der Waals surface area (Å²) in [5, 5.41) is 0. The summed E-state index contributed by atoms with van der Waals surface area (Å²) in [7, 11) is 0. The fraction of sp³-hybridized carbons (Fsp3) is 0.660. The third kappa shape index (κ3) is 45.5. The normalized spacial score (nSPS) is 13.1. The Morgan fingerprint density at radius 2 is 0.862 bits per heavy atom. The fourth-order valence-electron chi connectivity index (χ4n) is 6.08. The van der Waals surface area contributed by atoms with E-state index in [9.17, 15) is 9.59 Å². The van der Waals surface area contributed by atoms with Crippen LogP contribution in [0.3, 0.4) is 0 Å². The lowest BCUT2D eigenvalue weighted by Gasteiger charge is -2.18. The van der Waals surface area contributed by atoms with Gasteiger partial charge < -0.3 is 14.2 Å². The first kappa shape index (κ1) is 54.8. The van der Waals surface area contributed by atoms with Crippen LogP contribution in [0.2, 0.25) is 0 Å². The molecule has 0 rings (SSSR count). The second kappa shape index (κ2) is 48.2. The highest BCUT2D eigenvalue weighted by molar-refractivity contribution is 5.71. The predicted molar refractivity (Wildman–Crippen MR) is 251 cm³/mol. The van der Waals surface area contributed by atoms with Crippen molar-refractivity contribution in [2.75, 3.05) is 19.8 Å². The molecule has 1 unspecified atom stereocenters. The summed E-state index contributed by atoms with van der Waals surface area (Å²) in [5.41, 5.74) is 0. The van der Waals surface area contributed by atoms with E-state index >= 15 is 0 Å². The molecular formula is C53H88O5. The average molecular weight is 805 g/mol. The number of hydrogen-bond donors (Lipinski definition) is 0. The monoisotopic (exact) mass is 805 g/mol. The first-order valence-corrected chi connectivity index (χ1v) is 23.8. The van der Waals surface area contributed by atoms with Crippen LogP contribution in [0.25, 0.3) is 0 Å². The van der Waals surface area contributed by atoms with E-state index in [1.807, 2.05) is 12.2 Å². The lowest BCUT2D eigenvalue weighted by Crippen LogP contribution is -2.30. The topological polar surface area (TPSA) is 61.8 Å². The molecule has 0 heterocycles. The first-order chi connectivity index (χ1) is 28.6. The zero-order chi connectivity index (χ0) is 42.1. The van der Waals surface area contributed by atoms with E-state index in [-0.39, 0.29) is 31.6 Å². The van der Waals surface area contributed by atoms with Crippen LogP contribution < -0.4 is 0 Å². The summed E-state index contributed by atoms with van der Waals surface area (Å²) in [6, 6.07) is 0. The lowest BCUT2D eigenvalue weighted by atomic mass is 10.1. The number of carbonyl (C=O) groups is 2. The van der Waals surface area contributed by atoms with Gasteiger partial charge >= 0.3 is 11.9 Å². The van der Waals surface area contributed by atoms with Gasteiger partial charge in [-0.3, -0.25) is 9.59 Å². The first-order valence-electron chi connectivity index (χ1n) is 23.8. The fourth-order valence-corrected chi connectivity index (χ4v) is 6.08. The van der Waals surface area contributed by atoms with Crippen LogP contribution in [0.15, 0.2) is 97.2 Å². The molecule has 58 heavy (non-hydrogen) atoms. The van der Waals surface area contributed by atoms with Gasteiger partial charge in [0.15, 0.2) is 6.10 Å². The van der Waals surface area contributed by atoms with Gasteiger partial charge in [0.2, 0.25) is 0 Å². The highest BCUT2D eigenvalue weighted by Crippen LogP contribution is 2.12. The average Bonchev–Trinajstić information content (AvgIpc) is 3.22.